The Balaban J connectivity index is 2.32. The maximum absolute atomic E-state index is 13.0. The number of sulfonamides is 1. The summed E-state index contributed by atoms with van der Waals surface area (Å²) in [5, 5.41) is 5.00. The molecule has 0 aromatic carbocycles. The van der Waals surface area contributed by atoms with E-state index >= 15 is 0 Å². The Hall–Kier alpha value is -0.470. The number of hydrogen-bond acceptors (Lipinski definition) is 5. The highest BCUT2D eigenvalue weighted by Crippen LogP contribution is 2.30. The zero-order valence-corrected chi connectivity index (χ0v) is 14.9. The fourth-order valence-corrected chi connectivity index (χ4v) is 6.06. The van der Waals surface area contributed by atoms with Gasteiger partial charge in [0.05, 0.1) is 0 Å². The van der Waals surface area contributed by atoms with Crippen molar-refractivity contribution >= 4 is 21.4 Å². The highest BCUT2D eigenvalue weighted by Gasteiger charge is 2.34. The van der Waals surface area contributed by atoms with Crippen LogP contribution in [-0.4, -0.2) is 57.4 Å². The van der Waals surface area contributed by atoms with Crippen molar-refractivity contribution in [3.8, 4) is 0 Å². The maximum atomic E-state index is 13.0. The van der Waals surface area contributed by atoms with Crippen LogP contribution in [-0.2, 0) is 16.6 Å². The highest BCUT2D eigenvalue weighted by atomic mass is 32.2. The summed E-state index contributed by atoms with van der Waals surface area (Å²) >= 11 is 1.52. The normalized spacial score (nSPS) is 21.8. The predicted octanol–water partition coefficient (Wildman–Crippen LogP) is 1.49. The first-order valence-electron chi connectivity index (χ1n) is 7.33. The quantitative estimate of drug-likeness (QED) is 0.888. The topological polar surface area (TPSA) is 52.7 Å². The fourth-order valence-electron chi connectivity index (χ4n) is 2.82. The maximum Gasteiger partial charge on any atom is 0.244 e. The standard InChI is InChI=1S/C14H25N3O2S2/c1-5-12-9-17(7-6-16(12)4)21(18,19)14-11(2)10-20-13(14)8-15-3/h10,12,15H,5-9H2,1-4H3. The Kier molecular flexibility index (Phi) is 5.43. The summed E-state index contributed by atoms with van der Waals surface area (Å²) < 4.78 is 27.7. The molecule has 1 unspecified atom stereocenters. The van der Waals surface area contributed by atoms with Crippen molar-refractivity contribution in [2.45, 2.75) is 37.8 Å². The SMILES string of the molecule is CCC1CN(S(=O)(=O)c2c(C)csc2CNC)CCN1C. The summed E-state index contributed by atoms with van der Waals surface area (Å²) in [5.74, 6) is 0. The molecular formula is C14H25N3O2S2. The molecule has 7 heteroatoms. The van der Waals surface area contributed by atoms with E-state index in [-0.39, 0.29) is 0 Å². The first kappa shape index (κ1) is 16.9. The summed E-state index contributed by atoms with van der Waals surface area (Å²) in [5.41, 5.74) is 0.859. The Morgan fingerprint density at radius 3 is 2.76 bits per heavy atom. The third-order valence-corrected chi connectivity index (χ3v) is 7.47. The number of rotatable bonds is 5. The van der Waals surface area contributed by atoms with E-state index in [9.17, 15) is 8.42 Å². The van der Waals surface area contributed by atoms with Crippen molar-refractivity contribution in [2.24, 2.45) is 0 Å². The van der Waals surface area contributed by atoms with E-state index in [1.807, 2.05) is 19.4 Å². The molecule has 0 saturated carbocycles. The van der Waals surface area contributed by atoms with Crippen molar-refractivity contribution < 1.29 is 8.42 Å². The molecule has 0 spiro atoms. The Morgan fingerprint density at radius 1 is 1.43 bits per heavy atom. The number of nitrogens with one attached hydrogen (secondary N) is 1. The lowest BCUT2D eigenvalue weighted by Gasteiger charge is -2.38. The van der Waals surface area contributed by atoms with Crippen molar-refractivity contribution in [3.05, 3.63) is 15.8 Å². The summed E-state index contributed by atoms with van der Waals surface area (Å²) in [6, 6.07) is 0.306. The van der Waals surface area contributed by atoms with E-state index in [4.69, 9.17) is 0 Å². The zero-order chi connectivity index (χ0) is 15.6. The first-order valence-corrected chi connectivity index (χ1v) is 9.65. The van der Waals surface area contributed by atoms with E-state index in [1.54, 1.807) is 4.31 Å². The van der Waals surface area contributed by atoms with Crippen LogP contribution >= 0.6 is 11.3 Å². The van der Waals surface area contributed by atoms with Crippen molar-refractivity contribution in [3.63, 3.8) is 0 Å². The van der Waals surface area contributed by atoms with Crippen LogP contribution in [0, 0.1) is 6.92 Å². The van der Waals surface area contributed by atoms with Crippen LogP contribution in [0.25, 0.3) is 0 Å². The smallest absolute Gasteiger partial charge is 0.244 e. The third kappa shape index (κ3) is 3.32. The fraction of sp³-hybridized carbons (Fsp3) is 0.714. The average Bonchev–Trinajstić information content (AvgIpc) is 2.81. The number of hydrogen-bond donors (Lipinski definition) is 1. The minimum atomic E-state index is -3.39. The molecule has 1 fully saturated rings. The summed E-state index contributed by atoms with van der Waals surface area (Å²) in [6.07, 6.45) is 0.967. The van der Waals surface area contributed by atoms with Gasteiger partial charge in [-0.05, 0) is 38.4 Å². The molecule has 2 heterocycles. The molecule has 120 valence electrons. The lowest BCUT2D eigenvalue weighted by atomic mass is 10.1. The number of nitrogens with zero attached hydrogens (tertiary/aromatic N) is 2. The van der Waals surface area contributed by atoms with Gasteiger partial charge in [0.2, 0.25) is 10.0 Å². The third-order valence-electron chi connectivity index (χ3n) is 4.14. The first-order chi connectivity index (χ1) is 9.91. The van der Waals surface area contributed by atoms with Gasteiger partial charge in [0.15, 0.2) is 0 Å². The van der Waals surface area contributed by atoms with Crippen molar-refractivity contribution in [1.82, 2.24) is 14.5 Å². The van der Waals surface area contributed by atoms with E-state index in [0.717, 1.165) is 23.4 Å². The van der Waals surface area contributed by atoms with Gasteiger partial charge in [0, 0.05) is 37.1 Å². The van der Waals surface area contributed by atoms with Gasteiger partial charge in [0.25, 0.3) is 0 Å². The molecule has 1 aliphatic rings. The lowest BCUT2D eigenvalue weighted by Crippen LogP contribution is -2.52. The molecule has 21 heavy (non-hydrogen) atoms. The molecule has 1 N–H and O–H groups in total. The van der Waals surface area contributed by atoms with Gasteiger partial charge in [-0.2, -0.15) is 4.31 Å². The van der Waals surface area contributed by atoms with Crippen LogP contribution in [0.3, 0.4) is 0 Å². The molecule has 2 rings (SSSR count). The zero-order valence-electron chi connectivity index (χ0n) is 13.2. The molecule has 0 amide bonds. The van der Waals surface area contributed by atoms with Crippen LogP contribution in [0.15, 0.2) is 10.3 Å². The molecule has 1 atom stereocenters. The van der Waals surface area contributed by atoms with E-state index in [2.05, 4.69) is 24.2 Å². The van der Waals surface area contributed by atoms with Gasteiger partial charge in [-0.3, -0.25) is 0 Å². The molecule has 0 aliphatic carbocycles. The minimum absolute atomic E-state index is 0.306. The molecule has 1 aromatic heterocycles. The van der Waals surface area contributed by atoms with E-state index in [0.29, 0.717) is 30.6 Å². The van der Waals surface area contributed by atoms with Gasteiger partial charge in [0.1, 0.15) is 4.90 Å². The Bertz CT molecular complexity index is 583. The van der Waals surface area contributed by atoms with Crippen molar-refractivity contribution in [1.29, 1.82) is 0 Å². The van der Waals surface area contributed by atoms with Crippen LogP contribution in [0.4, 0.5) is 0 Å². The number of piperazine rings is 1. The summed E-state index contributed by atoms with van der Waals surface area (Å²) in [6.45, 7) is 6.54. The Labute approximate surface area is 132 Å². The van der Waals surface area contributed by atoms with Crippen molar-refractivity contribution in [2.75, 3.05) is 33.7 Å². The average molecular weight is 332 g/mol. The Morgan fingerprint density at radius 2 is 2.14 bits per heavy atom. The van der Waals surface area contributed by atoms with Crippen LogP contribution in [0.1, 0.15) is 23.8 Å². The van der Waals surface area contributed by atoms with Gasteiger partial charge in [-0.15, -0.1) is 11.3 Å². The van der Waals surface area contributed by atoms with Crippen LogP contribution < -0.4 is 5.32 Å². The number of thiophene rings is 1. The largest absolute Gasteiger partial charge is 0.315 e. The van der Waals surface area contributed by atoms with E-state index in [1.165, 1.54) is 11.3 Å². The molecule has 1 saturated heterocycles. The van der Waals surface area contributed by atoms with Gasteiger partial charge in [-0.1, -0.05) is 6.92 Å². The van der Waals surface area contributed by atoms with Crippen LogP contribution in [0.5, 0.6) is 0 Å². The van der Waals surface area contributed by atoms with E-state index < -0.39 is 10.0 Å². The molecule has 1 aliphatic heterocycles. The second-order valence-electron chi connectivity index (χ2n) is 5.61. The molecule has 0 bridgehead atoms. The number of likely N-dealkylation sites (N-methyl/N-ethyl adjacent to an activating group) is 1. The highest BCUT2D eigenvalue weighted by molar-refractivity contribution is 7.89. The summed E-state index contributed by atoms with van der Waals surface area (Å²) in [4.78, 5) is 3.67. The molecule has 1 aromatic rings. The molecular weight excluding hydrogens is 306 g/mol. The van der Waals surface area contributed by atoms with Gasteiger partial charge >= 0.3 is 0 Å². The number of aryl methyl sites for hydroxylation is 1. The molecule has 0 radical (unpaired) electrons. The van der Waals surface area contributed by atoms with Crippen LogP contribution in [0.2, 0.25) is 0 Å². The monoisotopic (exact) mass is 331 g/mol. The second-order valence-corrected chi connectivity index (χ2v) is 8.45. The van der Waals surface area contributed by atoms with Gasteiger partial charge in [-0.25, -0.2) is 8.42 Å². The lowest BCUT2D eigenvalue weighted by molar-refractivity contribution is 0.144. The second kappa shape index (κ2) is 6.75. The minimum Gasteiger partial charge on any atom is -0.315 e. The summed E-state index contributed by atoms with van der Waals surface area (Å²) in [7, 11) is 0.520. The predicted molar refractivity (Wildman–Crippen MR) is 87.3 cm³/mol. The molecule has 5 nitrogen and oxygen atoms in total. The van der Waals surface area contributed by atoms with Gasteiger partial charge < -0.3 is 10.2 Å².